The topological polar surface area (TPSA) is 55.1 Å². The Bertz CT molecular complexity index is 510. The van der Waals surface area contributed by atoms with Crippen molar-refractivity contribution in [2.24, 2.45) is 11.1 Å². The standard InChI is InChI=1S/C16H21FN2OS/c17-13-6-4-12(5-7-13)8-11-19-15(20)16(14(18)21)9-2-1-3-10-16/h4-7H,1-3,8-11H2,(H2,18,21)(H,19,20). The summed E-state index contributed by atoms with van der Waals surface area (Å²) in [5.74, 6) is -0.311. The SMILES string of the molecule is NC(=S)C1(C(=O)NCCc2ccc(F)cc2)CCCCC1. The minimum absolute atomic E-state index is 0.0585. The Balaban J connectivity index is 1.90. The molecule has 0 aliphatic heterocycles. The number of rotatable bonds is 5. The van der Waals surface area contributed by atoms with Crippen molar-refractivity contribution in [3.05, 3.63) is 35.6 Å². The summed E-state index contributed by atoms with van der Waals surface area (Å²) in [6, 6.07) is 6.31. The Morgan fingerprint density at radius 3 is 2.43 bits per heavy atom. The van der Waals surface area contributed by atoms with Gasteiger partial charge in [0.05, 0.1) is 10.4 Å². The molecule has 1 amide bonds. The van der Waals surface area contributed by atoms with Crippen molar-refractivity contribution in [3.8, 4) is 0 Å². The molecule has 0 aromatic heterocycles. The lowest BCUT2D eigenvalue weighted by Crippen LogP contribution is -2.50. The number of amides is 1. The first-order chi connectivity index (χ1) is 10.0. The summed E-state index contributed by atoms with van der Waals surface area (Å²) in [5, 5.41) is 2.94. The molecule has 0 unspecified atom stereocenters. The fourth-order valence-electron chi connectivity index (χ4n) is 2.88. The van der Waals surface area contributed by atoms with Gasteiger partial charge in [-0.15, -0.1) is 0 Å². The number of carbonyl (C=O) groups excluding carboxylic acids is 1. The molecule has 114 valence electrons. The Kier molecular flexibility index (Phi) is 5.28. The smallest absolute Gasteiger partial charge is 0.233 e. The Morgan fingerprint density at radius 2 is 1.86 bits per heavy atom. The lowest BCUT2D eigenvalue weighted by Gasteiger charge is -2.34. The maximum absolute atomic E-state index is 12.8. The van der Waals surface area contributed by atoms with Crippen molar-refractivity contribution in [2.75, 3.05) is 6.54 Å². The van der Waals surface area contributed by atoms with E-state index in [2.05, 4.69) is 5.32 Å². The summed E-state index contributed by atoms with van der Waals surface area (Å²) in [6.45, 7) is 0.509. The average Bonchev–Trinajstić information content (AvgIpc) is 2.49. The van der Waals surface area contributed by atoms with Crippen LogP contribution in [0.15, 0.2) is 24.3 Å². The van der Waals surface area contributed by atoms with Crippen LogP contribution in [0.25, 0.3) is 0 Å². The molecule has 1 saturated carbocycles. The highest BCUT2D eigenvalue weighted by atomic mass is 32.1. The van der Waals surface area contributed by atoms with Crippen LogP contribution < -0.4 is 11.1 Å². The molecule has 0 bridgehead atoms. The summed E-state index contributed by atoms with van der Waals surface area (Å²) < 4.78 is 12.8. The van der Waals surface area contributed by atoms with E-state index in [1.165, 1.54) is 12.1 Å². The molecular weight excluding hydrogens is 287 g/mol. The fourth-order valence-corrected chi connectivity index (χ4v) is 3.18. The third kappa shape index (κ3) is 3.79. The number of carbonyl (C=O) groups is 1. The maximum atomic E-state index is 12.8. The van der Waals surface area contributed by atoms with Gasteiger partial charge in [-0.25, -0.2) is 4.39 Å². The normalized spacial score (nSPS) is 17.2. The molecule has 3 nitrogen and oxygen atoms in total. The summed E-state index contributed by atoms with van der Waals surface area (Å²) in [4.78, 5) is 12.8. The maximum Gasteiger partial charge on any atom is 0.233 e. The highest BCUT2D eigenvalue weighted by Crippen LogP contribution is 2.36. The van der Waals surface area contributed by atoms with Gasteiger partial charge in [0.25, 0.3) is 0 Å². The lowest BCUT2D eigenvalue weighted by molar-refractivity contribution is -0.128. The van der Waals surface area contributed by atoms with Gasteiger partial charge in [-0.2, -0.15) is 0 Å². The second-order valence-corrected chi connectivity index (χ2v) is 6.08. The van der Waals surface area contributed by atoms with E-state index in [0.29, 0.717) is 18.0 Å². The zero-order chi connectivity index (χ0) is 15.3. The predicted octanol–water partition coefficient (Wildman–Crippen LogP) is 2.72. The van der Waals surface area contributed by atoms with E-state index in [1.54, 1.807) is 12.1 Å². The highest BCUT2D eigenvalue weighted by molar-refractivity contribution is 7.80. The minimum atomic E-state index is -0.670. The summed E-state index contributed by atoms with van der Waals surface area (Å²) in [5.41, 5.74) is 6.15. The first kappa shape index (κ1) is 15.9. The molecule has 3 N–H and O–H groups in total. The molecule has 1 aliphatic rings. The van der Waals surface area contributed by atoms with Gasteiger partial charge >= 0.3 is 0 Å². The molecule has 1 aromatic carbocycles. The van der Waals surface area contributed by atoms with Crippen LogP contribution in [0.4, 0.5) is 4.39 Å². The Morgan fingerprint density at radius 1 is 1.24 bits per heavy atom. The van der Waals surface area contributed by atoms with E-state index in [4.69, 9.17) is 18.0 Å². The number of nitrogens with one attached hydrogen (secondary N) is 1. The van der Waals surface area contributed by atoms with Gasteiger partial charge in [-0.1, -0.05) is 43.6 Å². The van der Waals surface area contributed by atoms with Crippen LogP contribution in [-0.4, -0.2) is 17.4 Å². The van der Waals surface area contributed by atoms with Crippen LogP contribution in [0.2, 0.25) is 0 Å². The number of nitrogens with two attached hydrogens (primary N) is 1. The van der Waals surface area contributed by atoms with Crippen molar-refractivity contribution in [3.63, 3.8) is 0 Å². The predicted molar refractivity (Wildman–Crippen MR) is 85.4 cm³/mol. The van der Waals surface area contributed by atoms with Gasteiger partial charge in [0.1, 0.15) is 5.82 Å². The van der Waals surface area contributed by atoms with Crippen LogP contribution in [-0.2, 0) is 11.2 Å². The molecule has 1 aliphatic carbocycles. The van der Waals surface area contributed by atoms with Crippen molar-refractivity contribution < 1.29 is 9.18 Å². The van der Waals surface area contributed by atoms with Crippen LogP contribution in [0.1, 0.15) is 37.7 Å². The molecule has 1 fully saturated rings. The molecule has 2 rings (SSSR count). The second-order valence-electron chi connectivity index (χ2n) is 5.64. The van der Waals surface area contributed by atoms with Crippen molar-refractivity contribution in [1.29, 1.82) is 0 Å². The summed E-state index contributed by atoms with van der Waals surface area (Å²) in [6.07, 6.45) is 5.26. The van der Waals surface area contributed by atoms with Crippen molar-refractivity contribution >= 4 is 23.1 Å². The molecule has 0 heterocycles. The molecule has 0 radical (unpaired) electrons. The zero-order valence-electron chi connectivity index (χ0n) is 12.0. The van der Waals surface area contributed by atoms with Gasteiger partial charge in [-0.05, 0) is 37.0 Å². The van der Waals surface area contributed by atoms with Crippen LogP contribution in [0.5, 0.6) is 0 Å². The molecule has 0 atom stereocenters. The van der Waals surface area contributed by atoms with Gasteiger partial charge < -0.3 is 11.1 Å². The number of halogens is 1. The molecular formula is C16H21FN2OS. The number of thiocarbonyl (C=S) groups is 1. The summed E-state index contributed by atoms with van der Waals surface area (Å²) in [7, 11) is 0. The molecule has 5 heteroatoms. The van der Waals surface area contributed by atoms with Gasteiger partial charge in [0, 0.05) is 6.54 Å². The zero-order valence-corrected chi connectivity index (χ0v) is 12.8. The van der Waals surface area contributed by atoms with Gasteiger partial charge in [0.2, 0.25) is 5.91 Å². The Labute approximate surface area is 130 Å². The minimum Gasteiger partial charge on any atom is -0.392 e. The number of benzene rings is 1. The number of hydrogen-bond donors (Lipinski definition) is 2. The largest absolute Gasteiger partial charge is 0.392 e. The van der Waals surface area contributed by atoms with Crippen molar-refractivity contribution in [1.82, 2.24) is 5.32 Å². The molecule has 0 spiro atoms. The second kappa shape index (κ2) is 6.98. The van der Waals surface area contributed by atoms with Gasteiger partial charge in [-0.3, -0.25) is 4.79 Å². The van der Waals surface area contributed by atoms with Crippen molar-refractivity contribution in [2.45, 2.75) is 38.5 Å². The molecule has 21 heavy (non-hydrogen) atoms. The Hall–Kier alpha value is -1.49. The van der Waals surface area contributed by atoms with Gasteiger partial charge in [0.15, 0.2) is 0 Å². The van der Waals surface area contributed by atoms with E-state index in [-0.39, 0.29) is 11.7 Å². The third-order valence-corrected chi connectivity index (χ3v) is 4.62. The quantitative estimate of drug-likeness (QED) is 0.822. The van der Waals surface area contributed by atoms with Crippen LogP contribution >= 0.6 is 12.2 Å². The monoisotopic (exact) mass is 308 g/mol. The third-order valence-electron chi connectivity index (χ3n) is 4.23. The van der Waals surface area contributed by atoms with E-state index >= 15 is 0 Å². The average molecular weight is 308 g/mol. The molecule has 1 aromatic rings. The highest BCUT2D eigenvalue weighted by Gasteiger charge is 2.41. The van der Waals surface area contributed by atoms with Crippen LogP contribution in [0.3, 0.4) is 0 Å². The van der Waals surface area contributed by atoms with E-state index < -0.39 is 5.41 Å². The number of hydrogen-bond acceptors (Lipinski definition) is 2. The molecule has 0 saturated heterocycles. The lowest BCUT2D eigenvalue weighted by atomic mass is 9.73. The van der Waals surface area contributed by atoms with Crippen LogP contribution in [0, 0.1) is 11.2 Å². The fraction of sp³-hybridized carbons (Fsp3) is 0.500. The summed E-state index contributed by atoms with van der Waals surface area (Å²) >= 11 is 5.14. The van der Waals surface area contributed by atoms with E-state index in [9.17, 15) is 9.18 Å². The first-order valence-electron chi connectivity index (χ1n) is 7.37. The first-order valence-corrected chi connectivity index (χ1v) is 7.78. The van der Waals surface area contributed by atoms with E-state index in [0.717, 1.165) is 37.7 Å². The van der Waals surface area contributed by atoms with E-state index in [1.807, 2.05) is 0 Å².